The summed E-state index contributed by atoms with van der Waals surface area (Å²) < 4.78 is 17.0. The molecule has 0 saturated carbocycles. The Bertz CT molecular complexity index is 75.5. The molecule has 0 aromatic carbocycles. The zero-order valence-electron chi connectivity index (χ0n) is 6.57. The van der Waals surface area contributed by atoms with Crippen LogP contribution in [0, 0.1) is 0 Å². The molecule has 0 rings (SSSR count). The summed E-state index contributed by atoms with van der Waals surface area (Å²) in [7, 11) is 0. The van der Waals surface area contributed by atoms with E-state index in [1.54, 1.807) is 6.92 Å². The van der Waals surface area contributed by atoms with E-state index in [1.807, 2.05) is 20.8 Å². The molecule has 9 heavy (non-hydrogen) atoms. The molecule has 0 radical (unpaired) electrons. The molecule has 56 valence electrons. The molecule has 0 aromatic heterocycles. The minimum Gasteiger partial charge on any atom is -0.370 e. The van der Waals surface area contributed by atoms with Crippen molar-refractivity contribution in [2.24, 2.45) is 0 Å². The van der Waals surface area contributed by atoms with Crippen LogP contribution in [0.25, 0.3) is 0 Å². The largest absolute Gasteiger partial charge is 0.370 e. The Morgan fingerprint density at radius 2 is 1.89 bits per heavy atom. The maximum absolute atomic E-state index is 11.8. The molecule has 0 saturated heterocycles. The predicted octanol–water partition coefficient (Wildman–Crippen LogP) is 2.16. The highest BCUT2D eigenvalue weighted by Gasteiger charge is 2.14. The average molecular weight is 134 g/mol. The molecule has 1 atom stereocenters. The number of hydrogen-bond donors (Lipinski definition) is 0. The highest BCUT2D eigenvalue weighted by Crippen LogP contribution is 2.10. The maximum Gasteiger partial charge on any atom is 0.115 e. The number of ether oxygens (including phenoxy) is 1. The zero-order valence-corrected chi connectivity index (χ0v) is 6.57. The van der Waals surface area contributed by atoms with E-state index in [0.717, 1.165) is 0 Å². The van der Waals surface area contributed by atoms with Gasteiger partial charge in [-0.05, 0) is 27.7 Å². The van der Waals surface area contributed by atoms with Gasteiger partial charge in [0.05, 0.1) is 11.7 Å². The first-order valence-electron chi connectivity index (χ1n) is 3.19. The Kier molecular flexibility index (Phi) is 3.12. The van der Waals surface area contributed by atoms with Gasteiger partial charge in [0.25, 0.3) is 0 Å². The Morgan fingerprint density at radius 1 is 1.44 bits per heavy atom. The minimum atomic E-state index is -0.405. The third-order valence-corrected chi connectivity index (χ3v) is 0.772. The van der Waals surface area contributed by atoms with Crippen molar-refractivity contribution < 1.29 is 9.13 Å². The van der Waals surface area contributed by atoms with E-state index >= 15 is 0 Å². The minimum absolute atomic E-state index is 0.217. The Morgan fingerprint density at radius 3 is 2.00 bits per heavy atom. The van der Waals surface area contributed by atoms with Gasteiger partial charge in [-0.15, -0.1) is 0 Å². The van der Waals surface area contributed by atoms with Crippen LogP contribution in [0.3, 0.4) is 0 Å². The summed E-state index contributed by atoms with van der Waals surface area (Å²) in [6, 6.07) is 0. The fraction of sp³-hybridized carbons (Fsp3) is 1.00. The lowest BCUT2D eigenvalue weighted by molar-refractivity contribution is -0.0594. The van der Waals surface area contributed by atoms with E-state index in [2.05, 4.69) is 0 Å². The van der Waals surface area contributed by atoms with Crippen molar-refractivity contribution in [3.05, 3.63) is 0 Å². The van der Waals surface area contributed by atoms with Crippen LogP contribution in [0.5, 0.6) is 0 Å². The highest BCUT2D eigenvalue weighted by atomic mass is 19.1. The average Bonchev–Trinajstić information content (AvgIpc) is 1.62. The van der Waals surface area contributed by atoms with Crippen LogP contribution >= 0.6 is 0 Å². The van der Waals surface area contributed by atoms with Crippen LogP contribution in [0.4, 0.5) is 4.39 Å². The molecule has 0 aliphatic rings. The van der Waals surface area contributed by atoms with E-state index in [-0.39, 0.29) is 11.7 Å². The van der Waals surface area contributed by atoms with E-state index in [4.69, 9.17) is 4.74 Å². The van der Waals surface area contributed by atoms with Crippen LogP contribution < -0.4 is 0 Å². The molecule has 1 unspecified atom stereocenters. The fourth-order valence-corrected chi connectivity index (χ4v) is 0.635. The molecule has 0 N–H and O–H groups in total. The summed E-state index contributed by atoms with van der Waals surface area (Å²) in [5.41, 5.74) is -0.217. The number of hydrogen-bond acceptors (Lipinski definition) is 1. The van der Waals surface area contributed by atoms with Crippen molar-refractivity contribution >= 4 is 0 Å². The first kappa shape index (κ1) is 8.89. The smallest absolute Gasteiger partial charge is 0.115 e. The summed E-state index contributed by atoms with van der Waals surface area (Å²) in [4.78, 5) is 0. The standard InChI is InChI=1S/C7H15FO/c1-6(5-8)9-7(2,3)4/h6H,5H2,1-4H3. The predicted molar refractivity (Wildman–Crippen MR) is 36.3 cm³/mol. The summed E-state index contributed by atoms with van der Waals surface area (Å²) in [6.07, 6.45) is -0.273. The second-order valence-corrected chi connectivity index (χ2v) is 3.20. The number of halogens is 1. The van der Waals surface area contributed by atoms with Gasteiger partial charge >= 0.3 is 0 Å². The highest BCUT2D eigenvalue weighted by molar-refractivity contribution is 4.61. The summed E-state index contributed by atoms with van der Waals surface area (Å²) in [6.45, 7) is 7.07. The van der Waals surface area contributed by atoms with Gasteiger partial charge in [0, 0.05) is 0 Å². The monoisotopic (exact) mass is 134 g/mol. The Labute approximate surface area is 56.2 Å². The molecule has 0 bridgehead atoms. The second-order valence-electron chi connectivity index (χ2n) is 3.20. The van der Waals surface area contributed by atoms with Gasteiger partial charge in [-0.25, -0.2) is 4.39 Å². The normalized spacial score (nSPS) is 15.7. The van der Waals surface area contributed by atoms with Crippen molar-refractivity contribution in [3.8, 4) is 0 Å². The molecule has 0 aliphatic carbocycles. The quantitative estimate of drug-likeness (QED) is 0.562. The third-order valence-electron chi connectivity index (χ3n) is 0.772. The molecule has 0 aromatic rings. The molecule has 2 heteroatoms. The Balaban J connectivity index is 3.47. The van der Waals surface area contributed by atoms with E-state index < -0.39 is 6.67 Å². The SMILES string of the molecule is CC(CF)OC(C)(C)C. The van der Waals surface area contributed by atoms with Gasteiger partial charge in [0.2, 0.25) is 0 Å². The van der Waals surface area contributed by atoms with Gasteiger partial charge in [0.15, 0.2) is 0 Å². The number of rotatable bonds is 2. The van der Waals surface area contributed by atoms with Crippen molar-refractivity contribution in [2.75, 3.05) is 6.67 Å². The van der Waals surface area contributed by atoms with Gasteiger partial charge in [0.1, 0.15) is 6.67 Å². The summed E-state index contributed by atoms with van der Waals surface area (Å²) in [5.74, 6) is 0. The second kappa shape index (κ2) is 3.16. The van der Waals surface area contributed by atoms with Crippen molar-refractivity contribution in [1.29, 1.82) is 0 Å². The van der Waals surface area contributed by atoms with Crippen LogP contribution in [0.15, 0.2) is 0 Å². The van der Waals surface area contributed by atoms with Gasteiger partial charge in [-0.1, -0.05) is 0 Å². The van der Waals surface area contributed by atoms with Gasteiger partial charge < -0.3 is 4.74 Å². The van der Waals surface area contributed by atoms with Crippen molar-refractivity contribution in [1.82, 2.24) is 0 Å². The molecule has 1 nitrogen and oxygen atoms in total. The molecule has 0 fully saturated rings. The third kappa shape index (κ3) is 5.77. The fourth-order valence-electron chi connectivity index (χ4n) is 0.635. The lowest BCUT2D eigenvalue weighted by Crippen LogP contribution is -2.26. The zero-order chi connectivity index (χ0) is 7.49. The topological polar surface area (TPSA) is 9.23 Å². The Hall–Kier alpha value is -0.110. The van der Waals surface area contributed by atoms with Crippen molar-refractivity contribution in [3.63, 3.8) is 0 Å². The molecule has 0 aliphatic heterocycles. The van der Waals surface area contributed by atoms with E-state index in [1.165, 1.54) is 0 Å². The molecular formula is C7H15FO. The lowest BCUT2D eigenvalue weighted by Gasteiger charge is -2.22. The van der Waals surface area contributed by atoms with Crippen molar-refractivity contribution in [2.45, 2.75) is 39.4 Å². The molecule has 0 amide bonds. The van der Waals surface area contributed by atoms with Crippen LogP contribution in [-0.2, 0) is 4.74 Å². The van der Waals surface area contributed by atoms with E-state index in [9.17, 15) is 4.39 Å². The first-order chi connectivity index (χ1) is 3.95. The maximum atomic E-state index is 11.8. The lowest BCUT2D eigenvalue weighted by atomic mass is 10.2. The summed E-state index contributed by atoms with van der Waals surface area (Å²) >= 11 is 0. The first-order valence-corrected chi connectivity index (χ1v) is 3.19. The number of alkyl halides is 1. The van der Waals surface area contributed by atoms with Gasteiger partial charge in [-0.2, -0.15) is 0 Å². The van der Waals surface area contributed by atoms with Crippen LogP contribution in [-0.4, -0.2) is 18.4 Å². The van der Waals surface area contributed by atoms with Crippen LogP contribution in [0.2, 0.25) is 0 Å². The summed E-state index contributed by atoms with van der Waals surface area (Å²) in [5, 5.41) is 0. The van der Waals surface area contributed by atoms with Gasteiger partial charge in [-0.3, -0.25) is 0 Å². The molecule has 0 heterocycles. The molecule has 0 spiro atoms. The van der Waals surface area contributed by atoms with Crippen LogP contribution in [0.1, 0.15) is 27.7 Å². The molecular weight excluding hydrogens is 119 g/mol. The van der Waals surface area contributed by atoms with E-state index in [0.29, 0.717) is 0 Å².